The summed E-state index contributed by atoms with van der Waals surface area (Å²) in [6, 6.07) is 5.32. The number of nitrogens with zero attached hydrogens (tertiary/aromatic N) is 1. The number of rotatable bonds is 3. The van der Waals surface area contributed by atoms with Gasteiger partial charge in [0.15, 0.2) is 0 Å². The molecule has 17 heavy (non-hydrogen) atoms. The fraction of sp³-hybridized carbons (Fsp3) is 0.250. The Balaban J connectivity index is 3.27. The van der Waals surface area contributed by atoms with Gasteiger partial charge >= 0.3 is 11.9 Å². The van der Waals surface area contributed by atoms with E-state index < -0.39 is 11.9 Å². The highest BCUT2D eigenvalue weighted by Gasteiger charge is 2.24. The Hall–Kier alpha value is -2.17. The molecule has 1 aromatic carbocycles. The van der Waals surface area contributed by atoms with Gasteiger partial charge in [-0.05, 0) is 25.0 Å². The van der Waals surface area contributed by atoms with Crippen LogP contribution in [0.3, 0.4) is 0 Å². The van der Waals surface area contributed by atoms with Crippen LogP contribution in [0, 0.1) is 13.8 Å². The van der Waals surface area contributed by atoms with Crippen LogP contribution < -0.4 is 4.90 Å². The van der Waals surface area contributed by atoms with Gasteiger partial charge in [-0.1, -0.05) is 18.2 Å². The zero-order valence-electron chi connectivity index (χ0n) is 9.64. The van der Waals surface area contributed by atoms with E-state index in [9.17, 15) is 14.4 Å². The average molecular weight is 235 g/mol. The first-order valence-electron chi connectivity index (χ1n) is 5.03. The number of carboxylic acid groups (broad SMARTS) is 1. The van der Waals surface area contributed by atoms with Crippen LogP contribution in [0.5, 0.6) is 0 Å². The first-order chi connectivity index (χ1) is 7.99. The van der Waals surface area contributed by atoms with E-state index in [1.807, 2.05) is 0 Å². The summed E-state index contributed by atoms with van der Waals surface area (Å²) in [7, 11) is 0. The van der Waals surface area contributed by atoms with Crippen molar-refractivity contribution >= 4 is 23.9 Å². The number of carboxylic acids is 1. The third-order valence-electron chi connectivity index (χ3n) is 2.39. The molecular formula is C12H13NO4. The number of anilines is 1. The minimum atomic E-state index is -1.57. The molecule has 0 spiro atoms. The first-order valence-corrected chi connectivity index (χ1v) is 5.03. The molecule has 1 amide bonds. The zero-order chi connectivity index (χ0) is 13.0. The molecule has 0 heterocycles. The second kappa shape index (κ2) is 5.25. The number of para-hydroxylation sites is 1. The highest BCUT2D eigenvalue weighted by atomic mass is 16.4. The van der Waals surface area contributed by atoms with E-state index >= 15 is 0 Å². The number of hydrogen-bond donors (Lipinski definition) is 1. The molecule has 0 radical (unpaired) electrons. The lowest BCUT2D eigenvalue weighted by atomic mass is 10.1. The van der Waals surface area contributed by atoms with E-state index in [1.54, 1.807) is 32.0 Å². The number of hydrogen-bond acceptors (Lipinski definition) is 3. The maximum absolute atomic E-state index is 11.5. The smallest absolute Gasteiger partial charge is 0.394 e. The molecule has 5 nitrogen and oxygen atoms in total. The van der Waals surface area contributed by atoms with Crippen molar-refractivity contribution in [3.8, 4) is 0 Å². The van der Waals surface area contributed by atoms with E-state index in [-0.39, 0.29) is 6.54 Å². The molecule has 0 aliphatic rings. The Morgan fingerprint density at radius 1 is 1.29 bits per heavy atom. The molecule has 0 atom stereocenters. The fourth-order valence-corrected chi connectivity index (χ4v) is 1.70. The number of benzene rings is 1. The number of aryl methyl sites for hydroxylation is 2. The van der Waals surface area contributed by atoms with Gasteiger partial charge in [-0.15, -0.1) is 0 Å². The monoisotopic (exact) mass is 235 g/mol. The molecule has 0 bridgehead atoms. The maximum atomic E-state index is 11.5. The Kier molecular flexibility index (Phi) is 3.98. The van der Waals surface area contributed by atoms with Gasteiger partial charge in [0.2, 0.25) is 0 Å². The van der Waals surface area contributed by atoms with Crippen LogP contribution in [0.4, 0.5) is 5.69 Å². The first kappa shape index (κ1) is 12.9. The lowest BCUT2D eigenvalue weighted by Crippen LogP contribution is -2.38. The molecule has 90 valence electrons. The number of aldehydes is 1. The molecule has 0 aliphatic heterocycles. The van der Waals surface area contributed by atoms with E-state index in [2.05, 4.69) is 0 Å². The second-order valence-electron chi connectivity index (χ2n) is 3.63. The summed E-state index contributed by atoms with van der Waals surface area (Å²) >= 11 is 0. The summed E-state index contributed by atoms with van der Waals surface area (Å²) in [5.74, 6) is -2.68. The van der Waals surface area contributed by atoms with Gasteiger partial charge in [0, 0.05) is 0 Å². The van der Waals surface area contributed by atoms with Crippen LogP contribution in [0.25, 0.3) is 0 Å². The Morgan fingerprint density at radius 3 is 2.24 bits per heavy atom. The summed E-state index contributed by atoms with van der Waals surface area (Å²) in [6.45, 7) is 3.25. The standard InChI is InChI=1S/C12H13NO4/c1-8-4-3-5-9(2)10(8)13(6-7-14)11(15)12(16)17/h3-5,7H,6H2,1-2H3,(H,16,17). The van der Waals surface area contributed by atoms with Gasteiger partial charge in [-0.25, -0.2) is 4.79 Å². The molecule has 1 aromatic rings. The largest absolute Gasteiger partial charge is 0.474 e. The number of aliphatic carboxylic acids is 1. The molecular weight excluding hydrogens is 222 g/mol. The zero-order valence-corrected chi connectivity index (χ0v) is 9.64. The molecule has 0 saturated carbocycles. The summed E-state index contributed by atoms with van der Waals surface area (Å²) in [4.78, 5) is 33.7. The number of amides is 1. The van der Waals surface area contributed by atoms with Crippen LogP contribution in [0.2, 0.25) is 0 Å². The van der Waals surface area contributed by atoms with Crippen molar-refractivity contribution in [2.24, 2.45) is 0 Å². The Bertz CT molecular complexity index is 447. The van der Waals surface area contributed by atoms with E-state index in [0.717, 1.165) is 16.0 Å². The quantitative estimate of drug-likeness (QED) is 0.624. The normalized spacial score (nSPS) is 9.76. The lowest BCUT2D eigenvalue weighted by Gasteiger charge is -2.22. The average Bonchev–Trinajstić information content (AvgIpc) is 2.26. The topological polar surface area (TPSA) is 74.7 Å². The summed E-state index contributed by atoms with van der Waals surface area (Å²) in [5, 5.41) is 8.72. The van der Waals surface area contributed by atoms with Crippen molar-refractivity contribution in [1.29, 1.82) is 0 Å². The number of carbonyl (C=O) groups excluding carboxylic acids is 2. The van der Waals surface area contributed by atoms with Crippen LogP contribution in [0.15, 0.2) is 18.2 Å². The summed E-state index contributed by atoms with van der Waals surface area (Å²) < 4.78 is 0. The molecule has 0 aromatic heterocycles. The van der Waals surface area contributed by atoms with Gasteiger partial charge in [0.1, 0.15) is 6.29 Å². The van der Waals surface area contributed by atoms with Crippen molar-refractivity contribution in [1.82, 2.24) is 0 Å². The van der Waals surface area contributed by atoms with Crippen LogP contribution in [-0.4, -0.2) is 29.8 Å². The van der Waals surface area contributed by atoms with Crippen molar-refractivity contribution in [2.45, 2.75) is 13.8 Å². The minimum absolute atomic E-state index is 0.267. The summed E-state index contributed by atoms with van der Waals surface area (Å²) in [5.41, 5.74) is 1.98. The molecule has 0 aliphatic carbocycles. The van der Waals surface area contributed by atoms with E-state index in [4.69, 9.17) is 5.11 Å². The minimum Gasteiger partial charge on any atom is -0.474 e. The van der Waals surface area contributed by atoms with Crippen molar-refractivity contribution in [3.63, 3.8) is 0 Å². The third kappa shape index (κ3) is 2.69. The molecule has 0 unspecified atom stereocenters. The van der Waals surface area contributed by atoms with Gasteiger partial charge < -0.3 is 9.90 Å². The second-order valence-corrected chi connectivity index (χ2v) is 3.63. The third-order valence-corrected chi connectivity index (χ3v) is 2.39. The van der Waals surface area contributed by atoms with E-state index in [1.165, 1.54) is 0 Å². The molecule has 0 saturated heterocycles. The van der Waals surface area contributed by atoms with Crippen LogP contribution in [0.1, 0.15) is 11.1 Å². The van der Waals surface area contributed by atoms with E-state index in [0.29, 0.717) is 12.0 Å². The molecule has 0 fully saturated rings. The molecule has 1 rings (SSSR count). The maximum Gasteiger partial charge on any atom is 0.394 e. The Morgan fingerprint density at radius 2 is 1.82 bits per heavy atom. The predicted molar refractivity (Wildman–Crippen MR) is 62.0 cm³/mol. The van der Waals surface area contributed by atoms with Crippen molar-refractivity contribution in [2.75, 3.05) is 11.4 Å². The van der Waals surface area contributed by atoms with Crippen molar-refractivity contribution in [3.05, 3.63) is 29.3 Å². The van der Waals surface area contributed by atoms with Gasteiger partial charge in [0.25, 0.3) is 0 Å². The SMILES string of the molecule is Cc1cccc(C)c1N(CC=O)C(=O)C(=O)O. The van der Waals surface area contributed by atoms with Crippen LogP contribution in [-0.2, 0) is 14.4 Å². The summed E-state index contributed by atoms with van der Waals surface area (Å²) in [6.07, 6.45) is 0.507. The fourth-order valence-electron chi connectivity index (χ4n) is 1.70. The Labute approximate surface area is 98.7 Å². The predicted octanol–water partition coefficient (Wildman–Crippen LogP) is 0.920. The highest BCUT2D eigenvalue weighted by Crippen LogP contribution is 2.24. The van der Waals surface area contributed by atoms with Gasteiger partial charge in [-0.3, -0.25) is 9.69 Å². The van der Waals surface area contributed by atoms with Gasteiger partial charge in [-0.2, -0.15) is 0 Å². The highest BCUT2D eigenvalue weighted by molar-refractivity contribution is 6.37. The number of carbonyl (C=O) groups is 3. The lowest BCUT2D eigenvalue weighted by molar-refractivity contribution is -0.148. The molecule has 5 heteroatoms. The van der Waals surface area contributed by atoms with Crippen LogP contribution >= 0.6 is 0 Å². The van der Waals surface area contributed by atoms with Gasteiger partial charge in [0.05, 0.1) is 12.2 Å². The van der Waals surface area contributed by atoms with Crippen molar-refractivity contribution < 1.29 is 19.5 Å². The molecule has 1 N–H and O–H groups in total.